The van der Waals surface area contributed by atoms with Crippen LogP contribution in [0.15, 0.2) is 54.1 Å². The molecule has 0 spiro atoms. The van der Waals surface area contributed by atoms with Crippen molar-refractivity contribution in [3.05, 3.63) is 70.3 Å². The molecule has 2 aliphatic rings. The Balaban J connectivity index is 1.67. The van der Waals surface area contributed by atoms with E-state index >= 15 is 0 Å². The van der Waals surface area contributed by atoms with Crippen molar-refractivity contribution in [1.29, 1.82) is 0 Å². The second-order valence-electron chi connectivity index (χ2n) is 8.73. The number of carbonyl (C=O) groups excluding carboxylic acids is 2. The third-order valence-electron chi connectivity index (χ3n) is 6.28. The van der Waals surface area contributed by atoms with Crippen molar-refractivity contribution >= 4 is 29.1 Å². The van der Waals surface area contributed by atoms with Crippen LogP contribution in [0.1, 0.15) is 36.9 Å². The van der Waals surface area contributed by atoms with Crippen LogP contribution >= 0.6 is 11.6 Å². The average Bonchev–Trinajstić information content (AvgIpc) is 3.13. The van der Waals surface area contributed by atoms with Crippen molar-refractivity contribution in [2.24, 2.45) is 0 Å². The summed E-state index contributed by atoms with van der Waals surface area (Å²) < 4.78 is 11.2. The number of likely N-dealkylation sites (tertiary alicyclic amines) is 1. The van der Waals surface area contributed by atoms with Crippen molar-refractivity contribution in [2.75, 3.05) is 46.0 Å². The molecule has 0 saturated carbocycles. The first-order valence-corrected chi connectivity index (χ1v) is 12.4. The summed E-state index contributed by atoms with van der Waals surface area (Å²) in [6.07, 6.45) is 1.57. The molecule has 2 heterocycles. The van der Waals surface area contributed by atoms with Gasteiger partial charge in [-0.15, -0.1) is 0 Å². The molecule has 0 bridgehead atoms. The lowest BCUT2D eigenvalue weighted by molar-refractivity contribution is -0.140. The Hall–Kier alpha value is -2.87. The van der Waals surface area contributed by atoms with Crippen LogP contribution in [-0.4, -0.2) is 72.6 Å². The summed E-state index contributed by atoms with van der Waals surface area (Å²) in [6.45, 7) is 6.91. The number of halogens is 1. The number of Topliss-reactive ketones (excluding diaryl/α,β-unsaturated/α-hetero) is 1. The van der Waals surface area contributed by atoms with Gasteiger partial charge < -0.3 is 19.5 Å². The van der Waals surface area contributed by atoms with Crippen LogP contribution in [0.2, 0.25) is 5.02 Å². The van der Waals surface area contributed by atoms with Gasteiger partial charge in [-0.2, -0.15) is 0 Å². The van der Waals surface area contributed by atoms with Crippen LogP contribution in [-0.2, 0) is 14.3 Å². The zero-order chi connectivity index (χ0) is 24.8. The topological polar surface area (TPSA) is 79.3 Å². The Morgan fingerprint density at radius 2 is 1.86 bits per heavy atom. The van der Waals surface area contributed by atoms with Gasteiger partial charge in [0.05, 0.1) is 31.4 Å². The average molecular weight is 499 g/mol. The fourth-order valence-corrected chi connectivity index (χ4v) is 4.63. The number of carbonyl (C=O) groups is 2. The first kappa shape index (κ1) is 25.2. The number of morpholine rings is 1. The number of rotatable bonds is 9. The van der Waals surface area contributed by atoms with Crippen LogP contribution in [0.25, 0.3) is 5.76 Å². The molecule has 35 heavy (non-hydrogen) atoms. The minimum Gasteiger partial charge on any atom is -0.507 e. The van der Waals surface area contributed by atoms with Gasteiger partial charge in [0.2, 0.25) is 0 Å². The molecule has 1 amide bonds. The van der Waals surface area contributed by atoms with E-state index in [1.807, 2.05) is 31.2 Å². The standard InChI is InChI=1S/C27H31ClN2O5/c1-2-15-35-22-6-3-5-20(18-22)24-23(25(31)19-7-9-21(28)10-8-19)26(32)27(33)30(24)12-4-11-29-13-16-34-17-14-29/h3,5-10,18,24,31H,2,4,11-17H2,1H3/t24-/m0/s1. The van der Waals surface area contributed by atoms with E-state index < -0.39 is 17.7 Å². The molecular weight excluding hydrogens is 468 g/mol. The number of nitrogens with zero attached hydrogens (tertiary/aromatic N) is 2. The zero-order valence-corrected chi connectivity index (χ0v) is 20.7. The number of hydrogen-bond acceptors (Lipinski definition) is 6. The minimum atomic E-state index is -0.708. The predicted octanol–water partition coefficient (Wildman–Crippen LogP) is 4.27. The second-order valence-corrected chi connectivity index (χ2v) is 9.16. The van der Waals surface area contributed by atoms with E-state index in [2.05, 4.69) is 4.90 Å². The van der Waals surface area contributed by atoms with E-state index in [1.165, 1.54) is 0 Å². The first-order valence-electron chi connectivity index (χ1n) is 12.1. The number of benzene rings is 2. The third kappa shape index (κ3) is 5.86. The number of hydrogen-bond donors (Lipinski definition) is 1. The van der Waals surface area contributed by atoms with Gasteiger partial charge >= 0.3 is 0 Å². The summed E-state index contributed by atoms with van der Waals surface area (Å²) in [7, 11) is 0. The summed E-state index contributed by atoms with van der Waals surface area (Å²) in [5, 5.41) is 11.7. The highest BCUT2D eigenvalue weighted by Crippen LogP contribution is 2.40. The number of amides is 1. The molecule has 0 aliphatic carbocycles. The molecule has 0 radical (unpaired) electrons. The molecule has 4 rings (SSSR count). The molecule has 0 unspecified atom stereocenters. The molecule has 0 aromatic heterocycles. The smallest absolute Gasteiger partial charge is 0.295 e. The number of ether oxygens (including phenoxy) is 2. The van der Waals surface area contributed by atoms with Gasteiger partial charge in [0.15, 0.2) is 0 Å². The van der Waals surface area contributed by atoms with Crippen LogP contribution < -0.4 is 4.74 Å². The maximum atomic E-state index is 13.2. The van der Waals surface area contributed by atoms with Crippen LogP contribution in [0.4, 0.5) is 0 Å². The Bertz CT molecular complexity index is 1080. The third-order valence-corrected chi connectivity index (χ3v) is 6.53. The highest BCUT2D eigenvalue weighted by Gasteiger charge is 2.46. The van der Waals surface area contributed by atoms with E-state index in [4.69, 9.17) is 21.1 Å². The van der Waals surface area contributed by atoms with E-state index in [9.17, 15) is 14.7 Å². The Labute approximate surface area is 210 Å². The lowest BCUT2D eigenvalue weighted by atomic mass is 9.95. The highest BCUT2D eigenvalue weighted by atomic mass is 35.5. The van der Waals surface area contributed by atoms with Gasteiger partial charge in [0.1, 0.15) is 11.5 Å². The molecular formula is C27H31ClN2O5. The van der Waals surface area contributed by atoms with E-state index in [0.717, 1.165) is 31.6 Å². The SMILES string of the molecule is CCCOc1cccc([C@H]2C(=C(O)c3ccc(Cl)cc3)C(=O)C(=O)N2CCCN2CCOCC2)c1. The Morgan fingerprint density at radius 1 is 1.11 bits per heavy atom. The molecule has 1 atom stereocenters. The van der Waals surface area contributed by atoms with Gasteiger partial charge in [0.25, 0.3) is 11.7 Å². The predicted molar refractivity (Wildman–Crippen MR) is 135 cm³/mol. The molecule has 2 aromatic carbocycles. The van der Waals surface area contributed by atoms with E-state index in [0.29, 0.717) is 49.1 Å². The quantitative estimate of drug-likeness (QED) is 0.316. The van der Waals surface area contributed by atoms with E-state index in [1.54, 1.807) is 29.2 Å². The summed E-state index contributed by atoms with van der Waals surface area (Å²) >= 11 is 6.00. The maximum absolute atomic E-state index is 13.2. The maximum Gasteiger partial charge on any atom is 0.295 e. The van der Waals surface area contributed by atoms with Crippen LogP contribution in [0, 0.1) is 0 Å². The lowest BCUT2D eigenvalue weighted by Crippen LogP contribution is -2.38. The zero-order valence-electron chi connectivity index (χ0n) is 19.9. The number of ketones is 1. The second kappa shape index (κ2) is 11.7. The van der Waals surface area contributed by atoms with Crippen molar-refractivity contribution in [1.82, 2.24) is 9.80 Å². The monoisotopic (exact) mass is 498 g/mol. The Morgan fingerprint density at radius 3 is 2.57 bits per heavy atom. The molecule has 2 saturated heterocycles. The molecule has 7 nitrogen and oxygen atoms in total. The Kier molecular flexibility index (Phi) is 8.44. The van der Waals surface area contributed by atoms with Gasteiger partial charge in [-0.25, -0.2) is 0 Å². The highest BCUT2D eigenvalue weighted by molar-refractivity contribution is 6.46. The summed E-state index contributed by atoms with van der Waals surface area (Å²) in [4.78, 5) is 30.2. The van der Waals surface area contributed by atoms with Crippen molar-refractivity contribution in [3.63, 3.8) is 0 Å². The van der Waals surface area contributed by atoms with Crippen LogP contribution in [0.3, 0.4) is 0 Å². The molecule has 2 fully saturated rings. The van der Waals surface area contributed by atoms with Gasteiger partial charge in [-0.1, -0.05) is 30.7 Å². The largest absolute Gasteiger partial charge is 0.507 e. The van der Waals surface area contributed by atoms with Gasteiger partial charge in [0, 0.05) is 36.8 Å². The lowest BCUT2D eigenvalue weighted by Gasteiger charge is -2.29. The fourth-order valence-electron chi connectivity index (χ4n) is 4.50. The van der Waals surface area contributed by atoms with Crippen LogP contribution in [0.5, 0.6) is 5.75 Å². The number of aliphatic hydroxyl groups is 1. The molecule has 186 valence electrons. The summed E-state index contributed by atoms with van der Waals surface area (Å²) in [5.74, 6) is -0.837. The normalized spacial score (nSPS) is 20.4. The van der Waals surface area contributed by atoms with Crippen molar-refractivity contribution < 1.29 is 24.2 Å². The fraction of sp³-hybridized carbons (Fsp3) is 0.407. The van der Waals surface area contributed by atoms with Gasteiger partial charge in [-0.05, 0) is 54.8 Å². The molecule has 1 N–H and O–H groups in total. The van der Waals surface area contributed by atoms with Crippen molar-refractivity contribution in [2.45, 2.75) is 25.8 Å². The van der Waals surface area contributed by atoms with Crippen molar-refractivity contribution in [3.8, 4) is 5.75 Å². The molecule has 8 heteroatoms. The first-order chi connectivity index (χ1) is 17.0. The number of aliphatic hydroxyl groups excluding tert-OH is 1. The summed E-state index contributed by atoms with van der Waals surface area (Å²) in [5.41, 5.74) is 1.24. The van der Waals surface area contributed by atoms with Gasteiger partial charge in [-0.3, -0.25) is 14.5 Å². The summed E-state index contributed by atoms with van der Waals surface area (Å²) in [6, 6.07) is 13.3. The molecule has 2 aliphatic heterocycles. The molecule has 2 aromatic rings. The minimum absolute atomic E-state index is 0.0799. The van der Waals surface area contributed by atoms with E-state index in [-0.39, 0.29) is 11.3 Å².